The van der Waals surface area contributed by atoms with E-state index in [4.69, 9.17) is 0 Å². The van der Waals surface area contributed by atoms with Crippen LogP contribution in [0.3, 0.4) is 0 Å². The number of carbonyl (C=O) groups excluding carboxylic acids is 4. The summed E-state index contributed by atoms with van der Waals surface area (Å²) in [5.74, 6) is 0. The molecule has 0 bridgehead atoms. The van der Waals surface area contributed by atoms with E-state index in [9.17, 15) is 19.2 Å². The molecule has 0 unspecified atom stereocenters. The standard InChI is InChI=1S/C17H30N10O4/c28-14-20-1-3-22(14)9-18-11-24-5-7-26(16(24)30)13-27-8-6-25(17(27)31)12-19-10-23-4-2-21-15(23)29/h18-19H,1-13H2,(H,20,28)(H,21,29). The van der Waals surface area contributed by atoms with Gasteiger partial charge in [-0.25, -0.2) is 19.2 Å². The molecule has 0 aliphatic carbocycles. The number of urea groups is 4. The molecule has 0 aromatic carbocycles. The molecule has 172 valence electrons. The van der Waals surface area contributed by atoms with Gasteiger partial charge in [-0.2, -0.15) is 0 Å². The summed E-state index contributed by atoms with van der Waals surface area (Å²) >= 11 is 0. The van der Waals surface area contributed by atoms with Crippen LogP contribution in [0.15, 0.2) is 0 Å². The molecule has 14 nitrogen and oxygen atoms in total. The molecule has 0 spiro atoms. The second-order valence-corrected chi connectivity index (χ2v) is 7.88. The molecule has 4 aliphatic rings. The number of hydrogen-bond donors (Lipinski definition) is 4. The third kappa shape index (κ3) is 4.85. The van der Waals surface area contributed by atoms with Crippen LogP contribution in [0.1, 0.15) is 0 Å². The van der Waals surface area contributed by atoms with Gasteiger partial charge in [0.05, 0.1) is 33.3 Å². The topological polar surface area (TPSA) is 136 Å². The Kier molecular flexibility index (Phi) is 6.46. The monoisotopic (exact) mass is 438 g/mol. The van der Waals surface area contributed by atoms with Crippen LogP contribution in [-0.2, 0) is 0 Å². The minimum Gasteiger partial charge on any atom is -0.336 e. The number of carbonyl (C=O) groups is 4. The molecule has 0 saturated carbocycles. The first-order valence-electron chi connectivity index (χ1n) is 10.6. The lowest BCUT2D eigenvalue weighted by molar-refractivity contribution is 0.152. The van der Waals surface area contributed by atoms with Crippen LogP contribution in [-0.4, -0.2) is 139 Å². The molecule has 4 aliphatic heterocycles. The van der Waals surface area contributed by atoms with Gasteiger partial charge in [-0.05, 0) is 0 Å². The van der Waals surface area contributed by atoms with Gasteiger partial charge in [-0.3, -0.25) is 10.6 Å². The van der Waals surface area contributed by atoms with Gasteiger partial charge in [-0.1, -0.05) is 0 Å². The molecular weight excluding hydrogens is 408 g/mol. The van der Waals surface area contributed by atoms with E-state index in [1.807, 2.05) is 0 Å². The molecule has 4 N–H and O–H groups in total. The highest BCUT2D eigenvalue weighted by Gasteiger charge is 2.34. The Morgan fingerprint density at radius 1 is 0.548 bits per heavy atom. The van der Waals surface area contributed by atoms with E-state index >= 15 is 0 Å². The molecule has 0 aromatic heterocycles. The average Bonchev–Trinajstić information content (AvgIpc) is 3.51. The first-order valence-corrected chi connectivity index (χ1v) is 10.6. The molecule has 4 saturated heterocycles. The van der Waals surface area contributed by atoms with Crippen molar-refractivity contribution in [2.45, 2.75) is 0 Å². The fourth-order valence-corrected chi connectivity index (χ4v) is 3.99. The van der Waals surface area contributed by atoms with Crippen molar-refractivity contribution in [3.63, 3.8) is 0 Å². The number of nitrogens with zero attached hydrogens (tertiary/aromatic N) is 6. The summed E-state index contributed by atoms with van der Waals surface area (Å²) in [7, 11) is 0. The summed E-state index contributed by atoms with van der Waals surface area (Å²) in [6, 6.07) is -0.445. The van der Waals surface area contributed by atoms with Crippen LogP contribution in [0.4, 0.5) is 19.2 Å². The summed E-state index contributed by atoms with van der Waals surface area (Å²) in [5, 5.41) is 11.7. The first-order chi connectivity index (χ1) is 15.0. The molecule has 14 heteroatoms. The number of rotatable bonds is 10. The van der Waals surface area contributed by atoms with Crippen molar-refractivity contribution in [1.82, 2.24) is 50.7 Å². The summed E-state index contributed by atoms with van der Waals surface area (Å²) in [6.45, 7) is 6.58. The van der Waals surface area contributed by atoms with Gasteiger partial charge in [0.2, 0.25) is 0 Å². The molecule has 4 heterocycles. The van der Waals surface area contributed by atoms with Gasteiger partial charge in [0, 0.05) is 52.4 Å². The molecular formula is C17H30N10O4. The third-order valence-corrected chi connectivity index (χ3v) is 5.80. The minimum absolute atomic E-state index is 0.0999. The minimum atomic E-state index is -0.122. The maximum Gasteiger partial charge on any atom is 0.322 e. The maximum absolute atomic E-state index is 12.6. The predicted octanol–water partition coefficient (Wildman–Crippen LogP) is -2.52. The molecule has 4 rings (SSSR count). The SMILES string of the molecule is O=C1NCCN1CNCN1CCN(CN2CCN(CNCN3CCNC3=O)C2=O)C1=O. The van der Waals surface area contributed by atoms with Crippen LogP contribution < -0.4 is 21.3 Å². The quantitative estimate of drug-likeness (QED) is 0.297. The number of nitrogens with one attached hydrogen (secondary N) is 4. The van der Waals surface area contributed by atoms with Gasteiger partial charge in [0.25, 0.3) is 0 Å². The summed E-state index contributed by atoms with van der Waals surface area (Å²) < 4.78 is 0. The highest BCUT2D eigenvalue weighted by molar-refractivity contribution is 5.79. The lowest BCUT2D eigenvalue weighted by Crippen LogP contribution is -2.46. The van der Waals surface area contributed by atoms with E-state index < -0.39 is 0 Å². The molecule has 0 aromatic rings. The summed E-state index contributed by atoms with van der Waals surface area (Å²) in [4.78, 5) is 58.3. The number of hydrogen-bond acceptors (Lipinski definition) is 6. The Hall–Kier alpha value is -3.00. The van der Waals surface area contributed by atoms with Crippen LogP contribution in [0.5, 0.6) is 0 Å². The fourth-order valence-electron chi connectivity index (χ4n) is 3.99. The van der Waals surface area contributed by atoms with Crippen molar-refractivity contribution in [2.75, 3.05) is 85.7 Å². The Balaban J connectivity index is 1.15. The average molecular weight is 438 g/mol. The summed E-state index contributed by atoms with van der Waals surface area (Å²) in [5.41, 5.74) is 0. The lowest BCUT2D eigenvalue weighted by Gasteiger charge is -2.25. The van der Waals surface area contributed by atoms with E-state index in [-0.39, 0.29) is 30.8 Å². The van der Waals surface area contributed by atoms with Gasteiger partial charge in [-0.15, -0.1) is 0 Å². The number of amides is 8. The van der Waals surface area contributed by atoms with Gasteiger partial charge in [0.1, 0.15) is 0 Å². The molecule has 0 radical (unpaired) electrons. The zero-order chi connectivity index (χ0) is 21.8. The fraction of sp³-hybridized carbons (Fsp3) is 0.765. The summed E-state index contributed by atoms with van der Waals surface area (Å²) in [6.07, 6.45) is 0. The maximum atomic E-state index is 12.6. The van der Waals surface area contributed by atoms with E-state index in [2.05, 4.69) is 21.3 Å². The highest BCUT2D eigenvalue weighted by atomic mass is 16.2. The van der Waals surface area contributed by atoms with Crippen LogP contribution in [0.2, 0.25) is 0 Å². The van der Waals surface area contributed by atoms with Crippen LogP contribution >= 0.6 is 0 Å². The second-order valence-electron chi connectivity index (χ2n) is 7.88. The Bertz CT molecular complexity index is 663. The molecule has 8 amide bonds. The zero-order valence-electron chi connectivity index (χ0n) is 17.5. The van der Waals surface area contributed by atoms with Gasteiger partial charge >= 0.3 is 24.1 Å². The third-order valence-electron chi connectivity index (χ3n) is 5.80. The van der Waals surface area contributed by atoms with E-state index in [0.29, 0.717) is 79.0 Å². The van der Waals surface area contributed by atoms with Crippen molar-refractivity contribution in [3.8, 4) is 0 Å². The van der Waals surface area contributed by atoms with E-state index in [0.717, 1.165) is 0 Å². The largest absolute Gasteiger partial charge is 0.336 e. The Morgan fingerprint density at radius 3 is 1.32 bits per heavy atom. The van der Waals surface area contributed by atoms with Crippen LogP contribution in [0, 0.1) is 0 Å². The molecule has 0 atom stereocenters. The normalized spacial score (nSPS) is 21.8. The highest BCUT2D eigenvalue weighted by Crippen LogP contribution is 2.13. The van der Waals surface area contributed by atoms with Crippen LogP contribution in [0.25, 0.3) is 0 Å². The van der Waals surface area contributed by atoms with Gasteiger partial charge < -0.3 is 40.0 Å². The smallest absolute Gasteiger partial charge is 0.322 e. The van der Waals surface area contributed by atoms with Crippen molar-refractivity contribution in [3.05, 3.63) is 0 Å². The van der Waals surface area contributed by atoms with Crippen molar-refractivity contribution in [1.29, 1.82) is 0 Å². The zero-order valence-corrected chi connectivity index (χ0v) is 17.5. The second kappa shape index (κ2) is 9.43. The Morgan fingerprint density at radius 2 is 0.935 bits per heavy atom. The van der Waals surface area contributed by atoms with Crippen molar-refractivity contribution < 1.29 is 19.2 Å². The first kappa shape index (κ1) is 21.2. The van der Waals surface area contributed by atoms with Gasteiger partial charge in [0.15, 0.2) is 0 Å². The van der Waals surface area contributed by atoms with E-state index in [1.54, 1.807) is 29.4 Å². The van der Waals surface area contributed by atoms with E-state index in [1.165, 1.54) is 0 Å². The predicted molar refractivity (Wildman–Crippen MR) is 108 cm³/mol. The van der Waals surface area contributed by atoms with Crippen molar-refractivity contribution in [2.24, 2.45) is 0 Å². The lowest BCUT2D eigenvalue weighted by atomic mass is 10.6. The Labute approximate surface area is 180 Å². The van der Waals surface area contributed by atoms with Crippen molar-refractivity contribution >= 4 is 24.1 Å². The molecule has 4 fully saturated rings. The molecule has 31 heavy (non-hydrogen) atoms.